The van der Waals surface area contributed by atoms with Crippen LogP contribution in [0.4, 0.5) is 0 Å². The third-order valence-corrected chi connectivity index (χ3v) is 5.36. The largest absolute Gasteiger partial charge is 0.505 e. The van der Waals surface area contributed by atoms with Crippen molar-refractivity contribution < 1.29 is 29.6 Å². The summed E-state index contributed by atoms with van der Waals surface area (Å²) < 4.78 is 14.5. The van der Waals surface area contributed by atoms with Crippen molar-refractivity contribution in [1.82, 2.24) is 9.59 Å². The standard InChI is InChI=1S/C9H10O5.C6H3Cl3O.C6H4N2S.C2H5NS.CH4N2S/c1-13-6-3-5(9(11)12)4-7(14-2)8(6)10;7-3-1-4(8)6(10)5(9)2-3;1-2-4-6-5(3-1)7-8-9-6;1-2(3)4;2-1(3)4/h3-4,10H,1-2H3,(H,11,12);1-2,10H;1-4H;1H3,(H2,3,4);(H4,2,3,4). The molecule has 1 heterocycles. The van der Waals surface area contributed by atoms with E-state index in [0.717, 1.165) is 10.2 Å². The van der Waals surface area contributed by atoms with Crippen LogP contribution in [0.25, 0.3) is 10.2 Å². The number of methoxy groups -OCH3 is 2. The van der Waals surface area contributed by atoms with Gasteiger partial charge in [0.25, 0.3) is 0 Å². The van der Waals surface area contributed by atoms with Gasteiger partial charge in [-0.1, -0.05) is 63.6 Å². The van der Waals surface area contributed by atoms with Crippen LogP contribution in [0, 0.1) is 0 Å². The molecular formula is C24H26Cl3N5O6S3. The average molecular weight is 683 g/mol. The lowest BCUT2D eigenvalue weighted by molar-refractivity contribution is 0.0696. The number of hydrogen-bond donors (Lipinski definition) is 6. The van der Waals surface area contributed by atoms with Crippen LogP contribution in [-0.2, 0) is 0 Å². The maximum Gasteiger partial charge on any atom is 0.335 e. The van der Waals surface area contributed by atoms with E-state index >= 15 is 0 Å². The number of benzene rings is 3. The van der Waals surface area contributed by atoms with E-state index in [2.05, 4.69) is 45.5 Å². The summed E-state index contributed by atoms with van der Waals surface area (Å²) in [5, 5.41) is 31.8. The van der Waals surface area contributed by atoms with Crippen molar-refractivity contribution in [3.63, 3.8) is 0 Å². The molecule has 0 amide bonds. The highest BCUT2D eigenvalue weighted by atomic mass is 35.5. The van der Waals surface area contributed by atoms with Gasteiger partial charge in [0.2, 0.25) is 5.75 Å². The molecular weight excluding hydrogens is 657 g/mol. The molecule has 0 aliphatic carbocycles. The first-order valence-corrected chi connectivity index (χ1v) is 13.4. The first-order valence-electron chi connectivity index (χ1n) is 10.6. The Morgan fingerprint density at radius 3 is 1.73 bits per heavy atom. The highest BCUT2D eigenvalue weighted by Crippen LogP contribution is 2.37. The van der Waals surface area contributed by atoms with Crippen LogP contribution in [-0.4, -0.2) is 55.2 Å². The zero-order valence-electron chi connectivity index (χ0n) is 21.7. The van der Waals surface area contributed by atoms with Crippen LogP contribution in [0.3, 0.4) is 0 Å². The van der Waals surface area contributed by atoms with Gasteiger partial charge in [0.1, 0.15) is 5.52 Å². The Hall–Kier alpha value is -3.40. The fourth-order valence-corrected chi connectivity index (χ4v) is 3.65. The number of hydrogen-bond acceptors (Lipinski definition) is 10. The average Bonchev–Trinajstić information content (AvgIpc) is 3.36. The van der Waals surface area contributed by atoms with Crippen LogP contribution >= 0.6 is 70.8 Å². The zero-order valence-corrected chi connectivity index (χ0v) is 26.4. The molecule has 0 unspecified atom stereocenters. The Morgan fingerprint density at radius 1 is 0.902 bits per heavy atom. The summed E-state index contributed by atoms with van der Waals surface area (Å²) in [6, 6.07) is 13.2. The van der Waals surface area contributed by atoms with E-state index in [1.807, 2.05) is 24.3 Å². The molecule has 222 valence electrons. The fraction of sp³-hybridized carbons (Fsp3) is 0.125. The molecule has 0 radical (unpaired) electrons. The Kier molecular flexibility index (Phi) is 18.0. The van der Waals surface area contributed by atoms with Gasteiger partial charge in [-0.05, 0) is 67.1 Å². The third-order valence-electron chi connectivity index (χ3n) is 3.86. The second-order valence-corrected chi connectivity index (χ2v) is 10.2. The number of phenols is 2. The Labute approximate surface area is 265 Å². The van der Waals surface area contributed by atoms with Crippen LogP contribution in [0.1, 0.15) is 17.3 Å². The normalized spacial score (nSPS) is 9.12. The van der Waals surface area contributed by atoms with Crippen molar-refractivity contribution in [3.8, 4) is 23.0 Å². The number of carboxylic acid groups (broad SMARTS) is 1. The monoisotopic (exact) mass is 681 g/mol. The molecule has 1 aromatic heterocycles. The number of nitrogens with zero attached hydrogens (tertiary/aromatic N) is 2. The van der Waals surface area contributed by atoms with Gasteiger partial charge in [0, 0.05) is 5.02 Å². The van der Waals surface area contributed by atoms with Gasteiger partial charge in [-0.25, -0.2) is 4.79 Å². The first kappa shape index (κ1) is 37.6. The minimum atomic E-state index is -1.11. The zero-order chi connectivity index (χ0) is 31.7. The first-order chi connectivity index (χ1) is 19.1. The number of carboxylic acids is 1. The summed E-state index contributed by atoms with van der Waals surface area (Å²) in [6.07, 6.45) is 0. The molecule has 9 N–H and O–H groups in total. The molecule has 41 heavy (non-hydrogen) atoms. The van der Waals surface area contributed by atoms with Crippen molar-refractivity contribution in [1.29, 1.82) is 0 Å². The fourth-order valence-electron chi connectivity index (χ4n) is 2.28. The molecule has 4 aromatic rings. The van der Waals surface area contributed by atoms with Gasteiger partial charge in [0.15, 0.2) is 22.4 Å². The molecule has 0 aliphatic rings. The quantitative estimate of drug-likeness (QED) is 0.145. The summed E-state index contributed by atoms with van der Waals surface area (Å²) in [6.45, 7) is 1.68. The highest BCUT2D eigenvalue weighted by molar-refractivity contribution is 7.80. The summed E-state index contributed by atoms with van der Waals surface area (Å²) in [5.41, 5.74) is 15.1. The number of nitrogens with two attached hydrogens (primary N) is 3. The van der Waals surface area contributed by atoms with Gasteiger partial charge in [-0.2, -0.15) is 0 Å². The predicted molar refractivity (Wildman–Crippen MR) is 172 cm³/mol. The number of fused-ring (bicyclic) bond motifs is 1. The minimum Gasteiger partial charge on any atom is -0.505 e. The number of carbonyl (C=O) groups is 1. The summed E-state index contributed by atoms with van der Waals surface area (Å²) >= 11 is 26.4. The number of halogens is 3. The number of aromatic hydroxyl groups is 2. The summed E-state index contributed by atoms with van der Waals surface area (Å²) in [4.78, 5) is 11.2. The van der Waals surface area contributed by atoms with Gasteiger partial charge in [-0.3, -0.25) is 0 Å². The van der Waals surface area contributed by atoms with Crippen molar-refractivity contribution in [2.24, 2.45) is 17.2 Å². The number of thiocarbonyl (C=S) groups is 2. The minimum absolute atomic E-state index is 0.000000000000000222. The van der Waals surface area contributed by atoms with Crippen LogP contribution < -0.4 is 26.7 Å². The van der Waals surface area contributed by atoms with Gasteiger partial charge in [-0.15, -0.1) is 5.10 Å². The topological polar surface area (TPSA) is 200 Å². The van der Waals surface area contributed by atoms with Crippen molar-refractivity contribution >= 4 is 97.1 Å². The molecule has 4 rings (SSSR count). The molecule has 0 saturated heterocycles. The lowest BCUT2D eigenvalue weighted by Crippen LogP contribution is -2.18. The van der Waals surface area contributed by atoms with Gasteiger partial charge < -0.3 is 42.0 Å². The van der Waals surface area contributed by atoms with E-state index in [9.17, 15) is 9.90 Å². The lowest BCUT2D eigenvalue weighted by atomic mass is 10.2. The SMILES string of the molecule is CC(N)=S.COc1cc(C(=O)O)cc(OC)c1O.NC(N)=S.Oc1c(Cl)cc(Cl)cc1Cl.c1ccc2snnc2c1. The summed E-state index contributed by atoms with van der Waals surface area (Å²) in [7, 11) is 2.67. The Balaban J connectivity index is 0.000000526. The molecule has 17 heteroatoms. The number of aromatic nitrogens is 2. The van der Waals surface area contributed by atoms with E-state index in [-0.39, 0.29) is 43.7 Å². The number of aromatic carboxylic acids is 1. The molecule has 0 spiro atoms. The number of phenolic OH excluding ortho intramolecular Hbond substituents is 2. The Bertz CT molecular complexity index is 1360. The third kappa shape index (κ3) is 15.3. The van der Waals surface area contributed by atoms with E-state index in [0.29, 0.717) is 10.0 Å². The van der Waals surface area contributed by atoms with E-state index in [1.165, 1.54) is 50.0 Å². The van der Waals surface area contributed by atoms with Crippen LogP contribution in [0.5, 0.6) is 23.0 Å². The molecule has 0 atom stereocenters. The van der Waals surface area contributed by atoms with Crippen molar-refractivity contribution in [3.05, 3.63) is 69.2 Å². The molecule has 0 saturated carbocycles. The number of rotatable bonds is 3. The molecule has 3 aromatic carbocycles. The van der Waals surface area contributed by atoms with Gasteiger partial charge in [0.05, 0.1) is 39.5 Å². The highest BCUT2D eigenvalue weighted by Gasteiger charge is 2.14. The van der Waals surface area contributed by atoms with E-state index < -0.39 is 5.97 Å². The molecule has 11 nitrogen and oxygen atoms in total. The van der Waals surface area contributed by atoms with Crippen molar-refractivity contribution in [2.45, 2.75) is 6.92 Å². The van der Waals surface area contributed by atoms with Crippen LogP contribution in [0.15, 0.2) is 48.5 Å². The second kappa shape index (κ2) is 19.6. The van der Waals surface area contributed by atoms with Crippen LogP contribution in [0.2, 0.25) is 15.1 Å². The second-order valence-electron chi connectivity index (χ2n) is 7.01. The predicted octanol–water partition coefficient (Wildman–Crippen LogP) is 5.63. The number of ether oxygens (including phenoxy) is 2. The lowest BCUT2D eigenvalue weighted by Gasteiger charge is -2.08. The van der Waals surface area contributed by atoms with Crippen molar-refractivity contribution in [2.75, 3.05) is 14.2 Å². The van der Waals surface area contributed by atoms with E-state index in [1.54, 1.807) is 6.92 Å². The van der Waals surface area contributed by atoms with Gasteiger partial charge >= 0.3 is 5.97 Å². The molecule has 0 bridgehead atoms. The van der Waals surface area contributed by atoms with E-state index in [4.69, 9.17) is 60.2 Å². The Morgan fingerprint density at radius 2 is 1.34 bits per heavy atom. The molecule has 0 aliphatic heterocycles. The maximum absolute atomic E-state index is 10.7. The smallest absolute Gasteiger partial charge is 0.335 e. The molecule has 0 fully saturated rings. The maximum atomic E-state index is 10.7. The summed E-state index contributed by atoms with van der Waals surface area (Å²) in [5.74, 6) is -1.31.